The van der Waals surface area contributed by atoms with Crippen molar-refractivity contribution in [1.82, 2.24) is 5.32 Å². The smallest absolute Gasteiger partial charge is 0.224 e. The topological polar surface area (TPSA) is 55.1 Å². The van der Waals surface area contributed by atoms with Crippen LogP contribution in [0.2, 0.25) is 0 Å². The van der Waals surface area contributed by atoms with Crippen LogP contribution in [0.4, 0.5) is 0 Å². The number of benzene rings is 1. The number of thioether (sulfide) groups is 1. The Kier molecular flexibility index (Phi) is 5.93. The standard InChI is InChI=1S/C18H28N2OS/c1-13-6-8-16(9-7-13)22-18(10-4-5-11-18)12-20-17(21)14(2)15(3)19/h6-9,14-15H,4-5,10-12,19H2,1-3H3,(H,20,21). The number of nitrogens with one attached hydrogen (secondary N) is 1. The summed E-state index contributed by atoms with van der Waals surface area (Å²) in [7, 11) is 0. The Labute approximate surface area is 138 Å². The second-order valence-corrected chi connectivity index (χ2v) is 8.21. The third-order valence-electron chi connectivity index (χ3n) is 4.66. The van der Waals surface area contributed by atoms with Crippen LogP contribution in [0.1, 0.15) is 45.1 Å². The first-order valence-electron chi connectivity index (χ1n) is 8.21. The summed E-state index contributed by atoms with van der Waals surface area (Å²) < 4.78 is 0.141. The van der Waals surface area contributed by atoms with Gasteiger partial charge in [0.2, 0.25) is 5.91 Å². The Bertz CT molecular complexity index is 492. The molecule has 122 valence electrons. The normalized spacial score (nSPS) is 19.6. The number of hydrogen-bond donors (Lipinski definition) is 2. The zero-order chi connectivity index (χ0) is 16.2. The largest absolute Gasteiger partial charge is 0.354 e. The zero-order valence-electron chi connectivity index (χ0n) is 13.9. The molecule has 0 aliphatic heterocycles. The molecule has 0 bridgehead atoms. The lowest BCUT2D eigenvalue weighted by molar-refractivity contribution is -0.125. The molecular formula is C18H28N2OS. The van der Waals surface area contributed by atoms with Crippen LogP contribution in [-0.4, -0.2) is 23.2 Å². The van der Waals surface area contributed by atoms with Crippen LogP contribution in [0.3, 0.4) is 0 Å². The lowest BCUT2D eigenvalue weighted by atomic mass is 10.0. The highest BCUT2D eigenvalue weighted by Gasteiger charge is 2.35. The predicted octanol–water partition coefficient (Wildman–Crippen LogP) is 3.50. The predicted molar refractivity (Wildman–Crippen MR) is 94.1 cm³/mol. The SMILES string of the molecule is Cc1ccc(SC2(CNC(=O)C(C)C(C)N)CCCC2)cc1. The summed E-state index contributed by atoms with van der Waals surface area (Å²) in [6, 6.07) is 8.58. The molecule has 0 radical (unpaired) electrons. The highest BCUT2D eigenvalue weighted by molar-refractivity contribution is 8.00. The van der Waals surface area contributed by atoms with Gasteiger partial charge in [0.25, 0.3) is 0 Å². The summed E-state index contributed by atoms with van der Waals surface area (Å²) in [4.78, 5) is 13.5. The maximum absolute atomic E-state index is 12.2. The molecule has 3 nitrogen and oxygen atoms in total. The number of aryl methyl sites for hydroxylation is 1. The van der Waals surface area contributed by atoms with Crippen molar-refractivity contribution in [2.45, 2.75) is 62.1 Å². The van der Waals surface area contributed by atoms with Crippen molar-refractivity contribution < 1.29 is 4.79 Å². The maximum Gasteiger partial charge on any atom is 0.224 e. The first-order chi connectivity index (χ1) is 10.4. The van der Waals surface area contributed by atoms with E-state index >= 15 is 0 Å². The Morgan fingerprint density at radius 3 is 2.41 bits per heavy atom. The van der Waals surface area contributed by atoms with Crippen LogP contribution >= 0.6 is 11.8 Å². The van der Waals surface area contributed by atoms with Gasteiger partial charge >= 0.3 is 0 Å². The second kappa shape index (κ2) is 7.51. The minimum atomic E-state index is -0.136. The van der Waals surface area contributed by atoms with Gasteiger partial charge in [0.15, 0.2) is 0 Å². The molecule has 1 amide bonds. The summed E-state index contributed by atoms with van der Waals surface area (Å²) >= 11 is 1.92. The van der Waals surface area contributed by atoms with Crippen LogP contribution < -0.4 is 11.1 Å². The van der Waals surface area contributed by atoms with Crippen molar-refractivity contribution in [3.63, 3.8) is 0 Å². The summed E-state index contributed by atoms with van der Waals surface area (Å²) in [5, 5.41) is 3.14. The van der Waals surface area contributed by atoms with Crippen LogP contribution in [-0.2, 0) is 4.79 Å². The van der Waals surface area contributed by atoms with Gasteiger partial charge in [-0.05, 0) is 38.8 Å². The van der Waals surface area contributed by atoms with Gasteiger partial charge in [-0.2, -0.15) is 0 Å². The van der Waals surface area contributed by atoms with Crippen LogP contribution in [0.5, 0.6) is 0 Å². The zero-order valence-corrected chi connectivity index (χ0v) is 14.7. The number of rotatable bonds is 6. The molecule has 22 heavy (non-hydrogen) atoms. The fourth-order valence-electron chi connectivity index (χ4n) is 2.84. The molecule has 2 rings (SSSR count). The number of hydrogen-bond acceptors (Lipinski definition) is 3. The molecule has 0 saturated heterocycles. The molecule has 1 aromatic carbocycles. The quantitative estimate of drug-likeness (QED) is 0.843. The molecule has 0 heterocycles. The second-order valence-electron chi connectivity index (χ2n) is 6.67. The van der Waals surface area contributed by atoms with Crippen molar-refractivity contribution in [1.29, 1.82) is 0 Å². The van der Waals surface area contributed by atoms with Gasteiger partial charge in [-0.1, -0.05) is 37.5 Å². The minimum absolute atomic E-state index is 0.0748. The number of carbonyl (C=O) groups excluding carboxylic acids is 1. The average Bonchev–Trinajstić information content (AvgIpc) is 2.95. The van der Waals surface area contributed by atoms with Crippen LogP contribution in [0, 0.1) is 12.8 Å². The van der Waals surface area contributed by atoms with Crippen LogP contribution in [0.25, 0.3) is 0 Å². The molecule has 2 unspecified atom stereocenters. The molecule has 0 spiro atoms. The molecule has 4 heteroatoms. The van der Waals surface area contributed by atoms with E-state index in [4.69, 9.17) is 5.73 Å². The monoisotopic (exact) mass is 320 g/mol. The van der Waals surface area contributed by atoms with Gasteiger partial charge < -0.3 is 11.1 Å². The van der Waals surface area contributed by atoms with Gasteiger partial charge in [0.1, 0.15) is 0 Å². The lowest BCUT2D eigenvalue weighted by Gasteiger charge is -2.29. The minimum Gasteiger partial charge on any atom is -0.354 e. The molecule has 0 aromatic heterocycles. The number of carbonyl (C=O) groups is 1. The van der Waals surface area contributed by atoms with E-state index in [0.29, 0.717) is 0 Å². The fourth-order valence-corrected chi connectivity index (χ4v) is 4.25. The Hall–Kier alpha value is -1.00. The van der Waals surface area contributed by atoms with Gasteiger partial charge in [-0.15, -0.1) is 11.8 Å². The Morgan fingerprint density at radius 2 is 1.86 bits per heavy atom. The van der Waals surface area contributed by atoms with Crippen molar-refractivity contribution in [3.05, 3.63) is 29.8 Å². The molecule has 2 atom stereocenters. The Balaban J connectivity index is 1.99. The highest BCUT2D eigenvalue weighted by atomic mass is 32.2. The Morgan fingerprint density at radius 1 is 1.27 bits per heavy atom. The molecule has 1 fully saturated rings. The van der Waals surface area contributed by atoms with Gasteiger partial charge in [0, 0.05) is 28.1 Å². The average molecular weight is 321 g/mol. The molecule has 1 aliphatic carbocycles. The van der Waals surface area contributed by atoms with E-state index in [-0.39, 0.29) is 22.6 Å². The van der Waals surface area contributed by atoms with E-state index in [1.165, 1.54) is 36.1 Å². The van der Waals surface area contributed by atoms with Gasteiger partial charge in [0.05, 0.1) is 0 Å². The van der Waals surface area contributed by atoms with Crippen molar-refractivity contribution in [3.8, 4) is 0 Å². The first kappa shape index (κ1) is 17.4. The summed E-state index contributed by atoms with van der Waals surface area (Å²) in [6.45, 7) is 6.63. The van der Waals surface area contributed by atoms with E-state index in [1.807, 2.05) is 25.6 Å². The number of amides is 1. The molecule has 1 saturated carbocycles. The fraction of sp³-hybridized carbons (Fsp3) is 0.611. The van der Waals surface area contributed by atoms with Gasteiger partial charge in [-0.3, -0.25) is 4.79 Å². The lowest BCUT2D eigenvalue weighted by Crippen LogP contribution is -2.44. The third-order valence-corrected chi connectivity index (χ3v) is 6.15. The summed E-state index contributed by atoms with van der Waals surface area (Å²) in [6.07, 6.45) is 4.83. The summed E-state index contributed by atoms with van der Waals surface area (Å²) in [5.74, 6) is -0.0615. The number of nitrogens with two attached hydrogens (primary N) is 1. The maximum atomic E-state index is 12.2. The van der Waals surface area contributed by atoms with E-state index < -0.39 is 0 Å². The molecule has 1 aliphatic rings. The van der Waals surface area contributed by atoms with E-state index in [2.05, 4.69) is 36.5 Å². The molecular weight excluding hydrogens is 292 g/mol. The van der Waals surface area contributed by atoms with E-state index in [1.54, 1.807) is 0 Å². The highest BCUT2D eigenvalue weighted by Crippen LogP contribution is 2.44. The van der Waals surface area contributed by atoms with Crippen molar-refractivity contribution in [2.24, 2.45) is 11.7 Å². The third kappa shape index (κ3) is 4.50. The van der Waals surface area contributed by atoms with Crippen LogP contribution in [0.15, 0.2) is 29.2 Å². The molecule has 1 aromatic rings. The van der Waals surface area contributed by atoms with E-state index in [9.17, 15) is 4.79 Å². The van der Waals surface area contributed by atoms with Crippen molar-refractivity contribution in [2.75, 3.05) is 6.54 Å². The van der Waals surface area contributed by atoms with Gasteiger partial charge in [-0.25, -0.2) is 0 Å². The molecule has 3 N–H and O–H groups in total. The summed E-state index contributed by atoms with van der Waals surface area (Å²) in [5.41, 5.74) is 7.11. The van der Waals surface area contributed by atoms with E-state index in [0.717, 1.165) is 6.54 Å². The first-order valence-corrected chi connectivity index (χ1v) is 9.02. The van der Waals surface area contributed by atoms with Crippen molar-refractivity contribution >= 4 is 17.7 Å².